The van der Waals surface area contributed by atoms with Crippen LogP contribution in [0.3, 0.4) is 0 Å². The highest BCUT2D eigenvalue weighted by Crippen LogP contribution is 1.74. The van der Waals surface area contributed by atoms with E-state index in [4.69, 9.17) is 5.21 Å². The maximum Gasteiger partial charge on any atom is 0.171 e. The third kappa shape index (κ3) is 1.10. The molecule has 48 valence electrons. The SMILES string of the molecule is Cn1cccc/c1=N/O. The largest absolute Gasteiger partial charge is 0.409 e. The highest BCUT2D eigenvalue weighted by atomic mass is 16.4. The molecule has 0 unspecified atom stereocenters. The van der Waals surface area contributed by atoms with Crippen LogP contribution >= 0.6 is 0 Å². The highest BCUT2D eigenvalue weighted by molar-refractivity contribution is 4.90. The summed E-state index contributed by atoms with van der Waals surface area (Å²) < 4.78 is 1.72. The number of nitrogens with zero attached hydrogens (tertiary/aromatic N) is 2. The van der Waals surface area contributed by atoms with Crippen molar-refractivity contribution < 1.29 is 5.21 Å². The lowest BCUT2D eigenvalue weighted by Gasteiger charge is -1.93. The van der Waals surface area contributed by atoms with E-state index in [0.29, 0.717) is 5.49 Å². The van der Waals surface area contributed by atoms with Crippen molar-refractivity contribution in [2.75, 3.05) is 0 Å². The molecule has 1 N–H and O–H groups in total. The predicted molar refractivity (Wildman–Crippen MR) is 32.8 cm³/mol. The van der Waals surface area contributed by atoms with Crippen LogP contribution in [0.5, 0.6) is 0 Å². The van der Waals surface area contributed by atoms with Crippen LogP contribution in [0.4, 0.5) is 0 Å². The van der Waals surface area contributed by atoms with Crippen LogP contribution in [0, 0.1) is 0 Å². The minimum Gasteiger partial charge on any atom is -0.409 e. The fourth-order valence-corrected chi connectivity index (χ4v) is 0.618. The van der Waals surface area contributed by atoms with Crippen molar-refractivity contribution in [1.82, 2.24) is 4.57 Å². The van der Waals surface area contributed by atoms with Gasteiger partial charge in [0.2, 0.25) is 0 Å². The van der Waals surface area contributed by atoms with Crippen LogP contribution in [-0.4, -0.2) is 9.77 Å². The van der Waals surface area contributed by atoms with Crippen LogP contribution in [0.25, 0.3) is 0 Å². The lowest BCUT2D eigenvalue weighted by Crippen LogP contribution is -2.15. The Morgan fingerprint density at radius 3 is 2.78 bits per heavy atom. The zero-order valence-corrected chi connectivity index (χ0v) is 5.15. The molecule has 0 saturated carbocycles. The first-order valence-electron chi connectivity index (χ1n) is 2.64. The van der Waals surface area contributed by atoms with Crippen molar-refractivity contribution in [2.45, 2.75) is 0 Å². The van der Waals surface area contributed by atoms with Crippen LogP contribution < -0.4 is 5.49 Å². The van der Waals surface area contributed by atoms with E-state index >= 15 is 0 Å². The van der Waals surface area contributed by atoms with E-state index < -0.39 is 0 Å². The first-order valence-corrected chi connectivity index (χ1v) is 2.64. The van der Waals surface area contributed by atoms with Gasteiger partial charge in [-0.1, -0.05) is 11.2 Å². The Hall–Kier alpha value is -1.25. The predicted octanol–water partition coefficient (Wildman–Crippen LogP) is 0.315. The van der Waals surface area contributed by atoms with Crippen LogP contribution in [0.2, 0.25) is 0 Å². The molecule has 0 aromatic carbocycles. The number of hydrogen-bond donors (Lipinski definition) is 1. The van der Waals surface area contributed by atoms with Crippen molar-refractivity contribution in [1.29, 1.82) is 0 Å². The molecule has 0 saturated heterocycles. The average molecular weight is 124 g/mol. The van der Waals surface area contributed by atoms with Gasteiger partial charge in [0.15, 0.2) is 5.49 Å². The standard InChI is InChI=1S/C6H8N2O/c1-8-5-3-2-4-6(8)7-9/h2-5,9H,1H3/b7-6-. The van der Waals surface area contributed by atoms with E-state index in [1.54, 1.807) is 10.6 Å². The van der Waals surface area contributed by atoms with Crippen molar-refractivity contribution in [3.05, 3.63) is 29.9 Å². The van der Waals surface area contributed by atoms with Gasteiger partial charge in [-0.3, -0.25) is 0 Å². The molecule has 0 aliphatic rings. The van der Waals surface area contributed by atoms with Gasteiger partial charge in [-0.15, -0.1) is 0 Å². The monoisotopic (exact) mass is 124 g/mol. The third-order valence-corrected chi connectivity index (χ3v) is 1.13. The normalized spacial score (nSPS) is 11.9. The molecule has 0 spiro atoms. The molecule has 0 atom stereocenters. The average Bonchev–Trinajstić information content (AvgIpc) is 1.89. The first kappa shape index (κ1) is 5.88. The molecule has 9 heavy (non-hydrogen) atoms. The number of aryl methyl sites for hydroxylation is 1. The lowest BCUT2D eigenvalue weighted by atomic mass is 10.5. The summed E-state index contributed by atoms with van der Waals surface area (Å²) in [4.78, 5) is 0. The molecule has 0 radical (unpaired) electrons. The van der Waals surface area contributed by atoms with E-state index in [1.165, 1.54) is 0 Å². The minimum absolute atomic E-state index is 0.553. The molecule has 1 rings (SSSR count). The Morgan fingerprint density at radius 2 is 2.33 bits per heavy atom. The van der Waals surface area contributed by atoms with E-state index in [2.05, 4.69) is 5.16 Å². The van der Waals surface area contributed by atoms with Gasteiger partial charge < -0.3 is 9.77 Å². The maximum absolute atomic E-state index is 8.32. The van der Waals surface area contributed by atoms with Crippen molar-refractivity contribution in [3.63, 3.8) is 0 Å². The Balaban J connectivity index is 3.33. The second-order valence-corrected chi connectivity index (χ2v) is 1.77. The Labute approximate surface area is 52.9 Å². The summed E-state index contributed by atoms with van der Waals surface area (Å²) in [6.45, 7) is 0. The molecular weight excluding hydrogens is 116 g/mol. The summed E-state index contributed by atoms with van der Waals surface area (Å²) in [5, 5.41) is 11.4. The molecular formula is C6H8N2O. The van der Waals surface area contributed by atoms with E-state index in [1.807, 2.05) is 25.4 Å². The fourth-order valence-electron chi connectivity index (χ4n) is 0.618. The van der Waals surface area contributed by atoms with Gasteiger partial charge >= 0.3 is 0 Å². The molecule has 0 amide bonds. The molecule has 0 aliphatic carbocycles. The van der Waals surface area contributed by atoms with E-state index in [0.717, 1.165) is 0 Å². The summed E-state index contributed by atoms with van der Waals surface area (Å²) in [6, 6.07) is 5.41. The Kier molecular flexibility index (Phi) is 1.53. The van der Waals surface area contributed by atoms with Crippen LogP contribution in [0.1, 0.15) is 0 Å². The van der Waals surface area contributed by atoms with Crippen LogP contribution in [0.15, 0.2) is 29.6 Å². The van der Waals surface area contributed by atoms with Gasteiger partial charge in [0, 0.05) is 13.2 Å². The quantitative estimate of drug-likeness (QED) is 0.392. The summed E-state index contributed by atoms with van der Waals surface area (Å²) in [6.07, 6.45) is 1.81. The highest BCUT2D eigenvalue weighted by Gasteiger charge is 1.79. The number of aromatic nitrogens is 1. The van der Waals surface area contributed by atoms with Gasteiger partial charge in [0.05, 0.1) is 0 Å². The molecule has 0 aliphatic heterocycles. The van der Waals surface area contributed by atoms with Gasteiger partial charge in [-0.05, 0) is 12.1 Å². The summed E-state index contributed by atoms with van der Waals surface area (Å²) >= 11 is 0. The van der Waals surface area contributed by atoms with E-state index in [9.17, 15) is 0 Å². The van der Waals surface area contributed by atoms with Gasteiger partial charge in [0.1, 0.15) is 0 Å². The Bertz CT molecular complexity index is 251. The third-order valence-electron chi connectivity index (χ3n) is 1.13. The van der Waals surface area contributed by atoms with Crippen molar-refractivity contribution in [3.8, 4) is 0 Å². The van der Waals surface area contributed by atoms with Gasteiger partial charge in [-0.25, -0.2) is 0 Å². The van der Waals surface area contributed by atoms with Crippen LogP contribution in [-0.2, 0) is 7.05 Å². The molecule has 3 heteroatoms. The van der Waals surface area contributed by atoms with E-state index in [-0.39, 0.29) is 0 Å². The molecule has 1 aromatic rings. The van der Waals surface area contributed by atoms with Crippen molar-refractivity contribution in [2.24, 2.45) is 12.2 Å². The summed E-state index contributed by atoms with van der Waals surface area (Å²) in [5.74, 6) is 0. The van der Waals surface area contributed by atoms with Crippen molar-refractivity contribution >= 4 is 0 Å². The molecule has 1 aromatic heterocycles. The van der Waals surface area contributed by atoms with Gasteiger partial charge in [0.25, 0.3) is 0 Å². The molecule has 0 fully saturated rings. The second-order valence-electron chi connectivity index (χ2n) is 1.77. The molecule has 3 nitrogen and oxygen atoms in total. The zero-order chi connectivity index (χ0) is 6.69. The lowest BCUT2D eigenvalue weighted by molar-refractivity contribution is 0.295. The second kappa shape index (κ2) is 2.35. The fraction of sp³-hybridized carbons (Fsp3) is 0.167. The topological polar surface area (TPSA) is 37.5 Å². The summed E-state index contributed by atoms with van der Waals surface area (Å²) in [5.41, 5.74) is 0.553. The molecule has 0 bridgehead atoms. The smallest absolute Gasteiger partial charge is 0.171 e. The number of pyridine rings is 1. The maximum atomic E-state index is 8.32. The Morgan fingerprint density at radius 1 is 1.56 bits per heavy atom. The zero-order valence-electron chi connectivity index (χ0n) is 5.15. The first-order chi connectivity index (χ1) is 4.34. The summed E-state index contributed by atoms with van der Waals surface area (Å²) in [7, 11) is 1.81. The number of hydrogen-bond acceptors (Lipinski definition) is 2. The molecule has 1 heterocycles. The minimum atomic E-state index is 0.553. The van der Waals surface area contributed by atoms with Gasteiger partial charge in [-0.2, -0.15) is 0 Å². The number of rotatable bonds is 0.